The van der Waals surface area contributed by atoms with E-state index in [4.69, 9.17) is 4.74 Å². The molecule has 1 atom stereocenters. The predicted octanol–water partition coefficient (Wildman–Crippen LogP) is 1.35. The fourth-order valence-electron chi connectivity index (χ4n) is 2.63. The Morgan fingerprint density at radius 3 is 3.10 bits per heavy atom. The van der Waals surface area contributed by atoms with E-state index >= 15 is 0 Å². The summed E-state index contributed by atoms with van der Waals surface area (Å²) in [5.41, 5.74) is 0.997. The summed E-state index contributed by atoms with van der Waals surface area (Å²) in [7, 11) is 0. The molecule has 0 spiro atoms. The smallest absolute Gasteiger partial charge is 0.137 e. The van der Waals surface area contributed by atoms with Gasteiger partial charge in [0.1, 0.15) is 12.7 Å². The second-order valence-corrected chi connectivity index (χ2v) is 5.36. The zero-order chi connectivity index (χ0) is 14.3. The van der Waals surface area contributed by atoms with Crippen LogP contribution in [0.3, 0.4) is 0 Å². The summed E-state index contributed by atoms with van der Waals surface area (Å²) in [6, 6.07) is 5.93. The van der Waals surface area contributed by atoms with Gasteiger partial charge in [-0.3, -0.25) is 14.6 Å². The van der Waals surface area contributed by atoms with Gasteiger partial charge in [-0.2, -0.15) is 5.10 Å². The van der Waals surface area contributed by atoms with Crippen molar-refractivity contribution in [3.05, 3.63) is 42.7 Å². The minimum atomic E-state index is 0.302. The molecule has 3 heterocycles. The molecule has 1 aliphatic heterocycles. The van der Waals surface area contributed by atoms with Crippen LogP contribution in [0, 0.1) is 0 Å². The molecule has 2 aromatic heterocycles. The van der Waals surface area contributed by atoms with Gasteiger partial charge in [-0.15, -0.1) is 0 Å². The minimum absolute atomic E-state index is 0.302. The molecule has 6 nitrogen and oxygen atoms in total. The van der Waals surface area contributed by atoms with E-state index < -0.39 is 0 Å². The lowest BCUT2D eigenvalue weighted by molar-refractivity contribution is -0.0120. The summed E-state index contributed by atoms with van der Waals surface area (Å²) in [4.78, 5) is 10.7. The maximum absolute atomic E-state index is 6.00. The minimum Gasteiger partial charge on any atom is -0.371 e. The Morgan fingerprint density at radius 2 is 2.29 bits per heavy atom. The van der Waals surface area contributed by atoms with Crippen LogP contribution in [0.15, 0.2) is 37.1 Å². The maximum Gasteiger partial charge on any atom is 0.137 e. The molecule has 1 unspecified atom stereocenters. The molecule has 0 radical (unpaired) electrons. The van der Waals surface area contributed by atoms with Gasteiger partial charge in [0.05, 0.1) is 24.9 Å². The first-order valence-corrected chi connectivity index (χ1v) is 7.46. The Labute approximate surface area is 124 Å². The van der Waals surface area contributed by atoms with E-state index in [1.807, 2.05) is 29.1 Å². The van der Waals surface area contributed by atoms with Crippen LogP contribution in [0.5, 0.6) is 0 Å². The summed E-state index contributed by atoms with van der Waals surface area (Å²) in [5, 5.41) is 4.14. The number of piperidine rings is 1. The van der Waals surface area contributed by atoms with E-state index in [-0.39, 0.29) is 0 Å². The molecule has 1 aliphatic rings. The van der Waals surface area contributed by atoms with Gasteiger partial charge in [0.25, 0.3) is 0 Å². The van der Waals surface area contributed by atoms with Gasteiger partial charge in [-0.05, 0) is 31.5 Å². The van der Waals surface area contributed by atoms with E-state index in [9.17, 15) is 0 Å². The quantitative estimate of drug-likeness (QED) is 0.803. The van der Waals surface area contributed by atoms with Gasteiger partial charge in [0.2, 0.25) is 0 Å². The molecule has 6 heteroatoms. The SMILES string of the molecule is c1ccc(COC2CCCN(CCn3cncn3)C2)nc1. The van der Waals surface area contributed by atoms with Crippen LogP contribution >= 0.6 is 0 Å². The molecular formula is C15H21N5O. The third kappa shape index (κ3) is 4.34. The average molecular weight is 287 g/mol. The second kappa shape index (κ2) is 7.28. The predicted molar refractivity (Wildman–Crippen MR) is 78.5 cm³/mol. The number of pyridine rings is 1. The van der Waals surface area contributed by atoms with E-state index in [2.05, 4.69) is 20.0 Å². The van der Waals surface area contributed by atoms with Gasteiger partial charge in [0.15, 0.2) is 0 Å². The van der Waals surface area contributed by atoms with E-state index in [0.29, 0.717) is 12.7 Å². The molecular weight excluding hydrogens is 266 g/mol. The van der Waals surface area contributed by atoms with Gasteiger partial charge in [0, 0.05) is 19.3 Å². The number of ether oxygens (including phenoxy) is 1. The largest absolute Gasteiger partial charge is 0.371 e. The highest BCUT2D eigenvalue weighted by molar-refractivity contribution is 5.02. The van der Waals surface area contributed by atoms with E-state index in [0.717, 1.165) is 38.3 Å². The Kier molecular flexibility index (Phi) is 4.91. The summed E-state index contributed by atoms with van der Waals surface area (Å²) in [6.07, 6.45) is 7.77. The molecule has 2 aromatic rings. The van der Waals surface area contributed by atoms with Crippen LogP contribution in [-0.4, -0.2) is 50.4 Å². The van der Waals surface area contributed by atoms with Crippen LogP contribution in [-0.2, 0) is 17.9 Å². The van der Waals surface area contributed by atoms with Crippen LogP contribution in [0.2, 0.25) is 0 Å². The zero-order valence-electron chi connectivity index (χ0n) is 12.1. The topological polar surface area (TPSA) is 56.1 Å². The number of aromatic nitrogens is 4. The Balaban J connectivity index is 1.42. The third-order valence-corrected chi connectivity index (χ3v) is 3.77. The van der Waals surface area contributed by atoms with Crippen molar-refractivity contribution in [2.24, 2.45) is 0 Å². The third-order valence-electron chi connectivity index (χ3n) is 3.77. The summed E-state index contributed by atoms with van der Waals surface area (Å²) < 4.78 is 7.87. The molecule has 1 fully saturated rings. The first kappa shape index (κ1) is 14.2. The lowest BCUT2D eigenvalue weighted by atomic mass is 10.1. The molecule has 0 bridgehead atoms. The molecule has 21 heavy (non-hydrogen) atoms. The lowest BCUT2D eigenvalue weighted by Gasteiger charge is -2.32. The monoisotopic (exact) mass is 287 g/mol. The van der Waals surface area contributed by atoms with Gasteiger partial charge in [-0.25, -0.2) is 4.98 Å². The normalized spacial score (nSPS) is 19.7. The number of likely N-dealkylation sites (tertiary alicyclic amines) is 1. The average Bonchev–Trinajstić information content (AvgIpc) is 3.06. The number of rotatable bonds is 6. The Morgan fingerprint density at radius 1 is 1.29 bits per heavy atom. The fraction of sp³-hybridized carbons (Fsp3) is 0.533. The van der Waals surface area contributed by atoms with Crippen LogP contribution in [0.1, 0.15) is 18.5 Å². The van der Waals surface area contributed by atoms with Crippen molar-refractivity contribution in [2.45, 2.75) is 32.1 Å². The summed E-state index contributed by atoms with van der Waals surface area (Å²) in [6.45, 7) is 4.60. The van der Waals surface area contributed by atoms with Crippen molar-refractivity contribution in [2.75, 3.05) is 19.6 Å². The van der Waals surface area contributed by atoms with Crippen molar-refractivity contribution in [3.63, 3.8) is 0 Å². The maximum atomic E-state index is 6.00. The number of hydrogen-bond donors (Lipinski definition) is 0. The zero-order valence-corrected chi connectivity index (χ0v) is 12.1. The number of nitrogens with zero attached hydrogens (tertiary/aromatic N) is 5. The van der Waals surface area contributed by atoms with Gasteiger partial charge < -0.3 is 4.74 Å². The van der Waals surface area contributed by atoms with E-state index in [1.54, 1.807) is 12.7 Å². The summed E-state index contributed by atoms with van der Waals surface area (Å²) >= 11 is 0. The Hall–Kier alpha value is -1.79. The first-order valence-electron chi connectivity index (χ1n) is 7.46. The van der Waals surface area contributed by atoms with Crippen molar-refractivity contribution < 1.29 is 4.74 Å². The van der Waals surface area contributed by atoms with Crippen LogP contribution < -0.4 is 0 Å². The molecule has 0 N–H and O–H groups in total. The van der Waals surface area contributed by atoms with Crippen molar-refractivity contribution in [1.82, 2.24) is 24.6 Å². The van der Waals surface area contributed by atoms with Gasteiger partial charge in [-0.1, -0.05) is 6.07 Å². The van der Waals surface area contributed by atoms with Crippen LogP contribution in [0.25, 0.3) is 0 Å². The fourth-order valence-corrected chi connectivity index (χ4v) is 2.63. The molecule has 1 saturated heterocycles. The molecule has 0 saturated carbocycles. The van der Waals surface area contributed by atoms with Crippen molar-refractivity contribution >= 4 is 0 Å². The van der Waals surface area contributed by atoms with Crippen molar-refractivity contribution in [3.8, 4) is 0 Å². The Bertz CT molecular complexity index is 516. The molecule has 0 aromatic carbocycles. The van der Waals surface area contributed by atoms with Crippen molar-refractivity contribution in [1.29, 1.82) is 0 Å². The highest BCUT2D eigenvalue weighted by Crippen LogP contribution is 2.14. The highest BCUT2D eigenvalue weighted by Gasteiger charge is 2.20. The second-order valence-electron chi connectivity index (χ2n) is 5.36. The molecule has 0 amide bonds. The lowest BCUT2D eigenvalue weighted by Crippen LogP contribution is -2.41. The molecule has 112 valence electrons. The number of hydrogen-bond acceptors (Lipinski definition) is 5. The first-order chi connectivity index (χ1) is 10.4. The molecule has 0 aliphatic carbocycles. The standard InChI is InChI=1S/C15H21N5O/c1-2-6-17-14(4-1)11-21-15-5-3-7-19(10-15)8-9-20-13-16-12-18-20/h1-2,4,6,12-13,15H,3,5,7-11H2. The van der Waals surface area contributed by atoms with Crippen LogP contribution in [0.4, 0.5) is 0 Å². The van der Waals surface area contributed by atoms with E-state index in [1.165, 1.54) is 6.42 Å². The summed E-state index contributed by atoms with van der Waals surface area (Å²) in [5.74, 6) is 0. The molecule has 3 rings (SSSR count). The highest BCUT2D eigenvalue weighted by atomic mass is 16.5. The van der Waals surface area contributed by atoms with Gasteiger partial charge >= 0.3 is 0 Å².